The summed E-state index contributed by atoms with van der Waals surface area (Å²) in [5, 5.41) is 0. The van der Waals surface area contributed by atoms with Gasteiger partial charge in [0.05, 0.1) is 0 Å². The lowest BCUT2D eigenvalue weighted by Gasteiger charge is -2.05. The summed E-state index contributed by atoms with van der Waals surface area (Å²) >= 11 is 0. The molecule has 1 aromatic carbocycles. The van der Waals surface area contributed by atoms with Crippen molar-refractivity contribution in [2.24, 2.45) is 0 Å². The Balaban J connectivity index is 3.25. The summed E-state index contributed by atoms with van der Waals surface area (Å²) in [6.45, 7) is 4.23. The first-order valence-electron chi connectivity index (χ1n) is 4.31. The quantitative estimate of drug-likeness (QED) is 0.579. The Labute approximate surface area is 74.6 Å². The van der Waals surface area contributed by atoms with Gasteiger partial charge in [-0.3, -0.25) is 0 Å². The maximum Gasteiger partial charge on any atom is 0.0306 e. The van der Waals surface area contributed by atoms with Crippen LogP contribution in [0.4, 0.5) is 0 Å². The standard InChI is InChI=1S/C12H13/c1-4-10-8-7-9-11(5-2)12(10)6-3/h3,8-9H,4-5H2,1-2H3. The van der Waals surface area contributed by atoms with E-state index in [1.165, 1.54) is 11.1 Å². The van der Waals surface area contributed by atoms with Crippen molar-refractivity contribution >= 4 is 0 Å². The summed E-state index contributed by atoms with van der Waals surface area (Å²) in [6, 6.07) is 7.07. The van der Waals surface area contributed by atoms with Crippen molar-refractivity contribution in [3.63, 3.8) is 0 Å². The third-order valence-corrected chi connectivity index (χ3v) is 2.06. The first kappa shape index (κ1) is 8.87. The van der Waals surface area contributed by atoms with Crippen LogP contribution in [0.3, 0.4) is 0 Å². The average Bonchev–Trinajstić information content (AvgIpc) is 2.16. The Morgan fingerprint density at radius 1 is 1.25 bits per heavy atom. The molecule has 0 amide bonds. The largest absolute Gasteiger partial charge is 0.115 e. The molecule has 0 aliphatic heterocycles. The van der Waals surface area contributed by atoms with E-state index in [2.05, 4.69) is 25.8 Å². The van der Waals surface area contributed by atoms with Crippen LogP contribution in [0, 0.1) is 18.4 Å². The van der Waals surface area contributed by atoms with Crippen LogP contribution >= 0.6 is 0 Å². The van der Waals surface area contributed by atoms with Crippen LogP contribution < -0.4 is 0 Å². The van der Waals surface area contributed by atoms with E-state index in [-0.39, 0.29) is 0 Å². The molecular weight excluding hydrogens is 144 g/mol. The van der Waals surface area contributed by atoms with Crippen LogP contribution in [-0.4, -0.2) is 0 Å². The van der Waals surface area contributed by atoms with E-state index in [0.29, 0.717) is 0 Å². The fraction of sp³-hybridized carbons (Fsp3) is 0.333. The van der Waals surface area contributed by atoms with Gasteiger partial charge in [-0.15, -0.1) is 6.42 Å². The van der Waals surface area contributed by atoms with E-state index >= 15 is 0 Å². The summed E-state index contributed by atoms with van der Waals surface area (Å²) < 4.78 is 0. The highest BCUT2D eigenvalue weighted by Gasteiger charge is 2.01. The van der Waals surface area contributed by atoms with Crippen LogP contribution in [0.25, 0.3) is 0 Å². The van der Waals surface area contributed by atoms with Gasteiger partial charge >= 0.3 is 0 Å². The molecule has 12 heavy (non-hydrogen) atoms. The Bertz CT molecular complexity index is 280. The van der Waals surface area contributed by atoms with Crippen molar-refractivity contribution in [3.05, 3.63) is 34.9 Å². The predicted octanol–water partition coefficient (Wildman–Crippen LogP) is 2.59. The zero-order valence-electron chi connectivity index (χ0n) is 7.65. The Morgan fingerprint density at radius 2 is 1.75 bits per heavy atom. The molecule has 1 radical (unpaired) electrons. The van der Waals surface area contributed by atoms with Gasteiger partial charge in [0.1, 0.15) is 0 Å². The molecule has 0 saturated carbocycles. The lowest BCUT2D eigenvalue weighted by atomic mass is 9.98. The molecule has 0 saturated heterocycles. The molecule has 0 nitrogen and oxygen atoms in total. The molecule has 0 aliphatic rings. The van der Waals surface area contributed by atoms with Crippen molar-refractivity contribution in [2.75, 3.05) is 0 Å². The second-order valence-electron chi connectivity index (χ2n) is 2.73. The van der Waals surface area contributed by atoms with E-state index in [1.807, 2.05) is 12.1 Å². The molecule has 0 heterocycles. The van der Waals surface area contributed by atoms with E-state index in [4.69, 9.17) is 6.42 Å². The van der Waals surface area contributed by atoms with Crippen LogP contribution in [0.2, 0.25) is 0 Å². The third kappa shape index (κ3) is 1.51. The molecule has 1 rings (SSSR count). The molecule has 0 bridgehead atoms. The minimum atomic E-state index is 0.990. The Morgan fingerprint density at radius 3 is 2.08 bits per heavy atom. The van der Waals surface area contributed by atoms with E-state index < -0.39 is 0 Å². The molecule has 0 atom stereocenters. The van der Waals surface area contributed by atoms with Gasteiger partial charge in [0.15, 0.2) is 0 Å². The third-order valence-electron chi connectivity index (χ3n) is 2.06. The van der Waals surface area contributed by atoms with Gasteiger partial charge < -0.3 is 0 Å². The maximum absolute atomic E-state index is 5.44. The van der Waals surface area contributed by atoms with Crippen molar-refractivity contribution in [1.29, 1.82) is 0 Å². The first-order chi connectivity index (χ1) is 5.83. The normalized spacial score (nSPS) is 9.42. The second kappa shape index (κ2) is 3.97. The van der Waals surface area contributed by atoms with Gasteiger partial charge in [0.25, 0.3) is 0 Å². The molecule has 0 N–H and O–H groups in total. The Hall–Kier alpha value is -1.22. The fourth-order valence-electron chi connectivity index (χ4n) is 1.34. The Kier molecular flexibility index (Phi) is 2.94. The fourth-order valence-corrected chi connectivity index (χ4v) is 1.34. The molecule has 0 heteroatoms. The highest BCUT2D eigenvalue weighted by Crippen LogP contribution is 2.14. The first-order valence-corrected chi connectivity index (χ1v) is 4.31. The van der Waals surface area contributed by atoms with Crippen molar-refractivity contribution in [1.82, 2.24) is 0 Å². The van der Waals surface area contributed by atoms with Gasteiger partial charge in [-0.25, -0.2) is 0 Å². The molecule has 0 spiro atoms. The van der Waals surface area contributed by atoms with Gasteiger partial charge in [0, 0.05) is 5.56 Å². The van der Waals surface area contributed by atoms with Gasteiger partial charge in [0.2, 0.25) is 0 Å². The lowest BCUT2D eigenvalue weighted by molar-refractivity contribution is 1.07. The summed E-state index contributed by atoms with van der Waals surface area (Å²) in [7, 11) is 0. The number of terminal acetylenes is 1. The van der Waals surface area contributed by atoms with Crippen LogP contribution in [0.5, 0.6) is 0 Å². The van der Waals surface area contributed by atoms with Crippen LogP contribution in [-0.2, 0) is 12.8 Å². The van der Waals surface area contributed by atoms with Gasteiger partial charge in [-0.2, -0.15) is 0 Å². The summed E-state index contributed by atoms with van der Waals surface area (Å²) in [4.78, 5) is 0. The molecular formula is C12H13. The summed E-state index contributed by atoms with van der Waals surface area (Å²) in [5.74, 6) is 2.75. The van der Waals surface area contributed by atoms with Crippen molar-refractivity contribution < 1.29 is 0 Å². The van der Waals surface area contributed by atoms with E-state index in [1.54, 1.807) is 0 Å². The SMILES string of the molecule is C#Cc1c(CC)c[c]cc1CC. The van der Waals surface area contributed by atoms with Gasteiger partial charge in [-0.1, -0.05) is 19.8 Å². The minimum Gasteiger partial charge on any atom is -0.115 e. The average molecular weight is 157 g/mol. The topological polar surface area (TPSA) is 0 Å². The summed E-state index contributed by atoms with van der Waals surface area (Å²) in [5.41, 5.74) is 3.53. The molecule has 0 aliphatic carbocycles. The zero-order valence-corrected chi connectivity index (χ0v) is 7.65. The number of aryl methyl sites for hydroxylation is 2. The molecule has 1 aromatic rings. The molecule has 0 unspecified atom stereocenters. The van der Waals surface area contributed by atoms with Gasteiger partial charge in [-0.05, 0) is 42.2 Å². The van der Waals surface area contributed by atoms with Crippen molar-refractivity contribution in [2.45, 2.75) is 26.7 Å². The molecule has 0 fully saturated rings. The second-order valence-corrected chi connectivity index (χ2v) is 2.73. The minimum absolute atomic E-state index is 0.990. The predicted molar refractivity (Wildman–Crippen MR) is 52.0 cm³/mol. The highest BCUT2D eigenvalue weighted by atomic mass is 14.0. The molecule has 0 aromatic heterocycles. The molecule has 61 valence electrons. The monoisotopic (exact) mass is 157 g/mol. The van der Waals surface area contributed by atoms with Crippen molar-refractivity contribution in [3.8, 4) is 12.3 Å². The number of hydrogen-bond acceptors (Lipinski definition) is 0. The van der Waals surface area contributed by atoms with Crippen LogP contribution in [0.1, 0.15) is 30.5 Å². The highest BCUT2D eigenvalue weighted by molar-refractivity contribution is 5.45. The van der Waals surface area contributed by atoms with E-state index in [0.717, 1.165) is 18.4 Å². The number of rotatable bonds is 2. The van der Waals surface area contributed by atoms with Crippen LogP contribution in [0.15, 0.2) is 12.1 Å². The zero-order chi connectivity index (χ0) is 8.97. The smallest absolute Gasteiger partial charge is 0.0306 e. The number of benzene rings is 1. The number of hydrogen-bond donors (Lipinski definition) is 0. The summed E-state index contributed by atoms with van der Waals surface area (Å²) in [6.07, 6.45) is 7.42. The maximum atomic E-state index is 5.44. The lowest BCUT2D eigenvalue weighted by Crippen LogP contribution is -1.93. The van der Waals surface area contributed by atoms with E-state index in [9.17, 15) is 0 Å².